The summed E-state index contributed by atoms with van der Waals surface area (Å²) in [6.45, 7) is 0. The maximum Gasteiger partial charge on any atom is 0.116 e. The van der Waals surface area contributed by atoms with E-state index in [2.05, 4.69) is 79.1 Å². The van der Waals surface area contributed by atoms with E-state index in [0.29, 0.717) is 11.3 Å². The highest BCUT2D eigenvalue weighted by molar-refractivity contribution is 7.75. The second-order valence-electron chi connectivity index (χ2n) is 15.4. The van der Waals surface area contributed by atoms with Crippen molar-refractivity contribution in [2.24, 2.45) is 0 Å². The van der Waals surface area contributed by atoms with Crippen LogP contribution in [0.4, 0.5) is 22.7 Å². The SMILES string of the molecule is c1ncc2cc3c(cc2n1)Nc1cc2ncncc2cc1P(C1CCCCC1)c1cc2cncnc2cc1Nc1cc2ncncc2cc1P3C1CCCCC1. The first-order valence-electron chi connectivity index (χ1n) is 19.8. The van der Waals surface area contributed by atoms with Crippen LogP contribution < -0.4 is 31.9 Å². The van der Waals surface area contributed by atoms with Crippen LogP contribution in [0.1, 0.15) is 64.2 Å². The molecule has 8 aromatic rings. The summed E-state index contributed by atoms with van der Waals surface area (Å²) in [5.74, 6) is 0. The minimum atomic E-state index is -0.914. The highest BCUT2D eigenvalue weighted by Crippen LogP contribution is 2.54. The summed E-state index contributed by atoms with van der Waals surface area (Å²) in [7, 11) is -1.83. The van der Waals surface area contributed by atoms with Crippen LogP contribution in [0.3, 0.4) is 0 Å². The molecule has 3 aliphatic rings. The van der Waals surface area contributed by atoms with E-state index in [1.807, 2.05) is 24.8 Å². The van der Waals surface area contributed by atoms with Gasteiger partial charge in [0.25, 0.3) is 0 Å². The number of rotatable bonds is 2. The van der Waals surface area contributed by atoms with Gasteiger partial charge >= 0.3 is 0 Å². The summed E-state index contributed by atoms with van der Waals surface area (Å²) >= 11 is 0. The summed E-state index contributed by atoms with van der Waals surface area (Å²) in [6, 6.07) is 18.6. The highest BCUT2D eigenvalue weighted by atomic mass is 31.1. The Morgan fingerprint density at radius 3 is 0.946 bits per heavy atom. The molecule has 11 rings (SSSR count). The Hall–Kier alpha value is -5.30. The quantitative estimate of drug-likeness (QED) is 0.165. The van der Waals surface area contributed by atoms with Gasteiger partial charge in [-0.05, 0) is 101 Å². The molecular weight excluding hydrogens is 731 g/mol. The van der Waals surface area contributed by atoms with Crippen LogP contribution in [0, 0.1) is 0 Å². The van der Waals surface area contributed by atoms with Gasteiger partial charge < -0.3 is 10.6 Å². The highest BCUT2D eigenvalue weighted by Gasteiger charge is 2.35. The molecule has 5 heterocycles. The fraction of sp³-hybridized carbons (Fsp3) is 0.273. The Kier molecular flexibility index (Phi) is 8.70. The van der Waals surface area contributed by atoms with E-state index in [-0.39, 0.29) is 0 Å². The van der Waals surface area contributed by atoms with Crippen molar-refractivity contribution in [3.05, 3.63) is 98.6 Å². The molecule has 1 aliphatic heterocycles. The van der Waals surface area contributed by atoms with E-state index >= 15 is 0 Å². The molecular formula is C44H40N10P2. The molecule has 276 valence electrons. The molecule has 4 aromatic carbocycles. The van der Waals surface area contributed by atoms with Crippen LogP contribution in [0.5, 0.6) is 0 Å². The molecule has 0 saturated heterocycles. The zero-order chi connectivity index (χ0) is 37.0. The minimum absolute atomic E-state index is 0.485. The summed E-state index contributed by atoms with van der Waals surface area (Å²) in [6.07, 6.45) is 26.7. The van der Waals surface area contributed by atoms with Crippen LogP contribution in [-0.2, 0) is 0 Å². The normalized spacial score (nSPS) is 19.2. The lowest BCUT2D eigenvalue weighted by Crippen LogP contribution is -2.30. The summed E-state index contributed by atoms with van der Waals surface area (Å²) in [4.78, 5) is 37.1. The molecule has 2 aliphatic carbocycles. The first-order chi connectivity index (χ1) is 27.7. The maximum atomic E-state index is 4.79. The topological polar surface area (TPSA) is 127 Å². The van der Waals surface area contributed by atoms with Gasteiger partial charge in [-0.3, -0.25) is 0 Å². The molecule has 0 spiro atoms. The fourth-order valence-electron chi connectivity index (χ4n) is 9.28. The Bertz CT molecular complexity index is 2420. The third kappa shape index (κ3) is 6.11. The van der Waals surface area contributed by atoms with E-state index in [4.69, 9.17) is 19.9 Å². The Morgan fingerprint density at radius 2 is 0.661 bits per heavy atom. The molecule has 0 unspecified atom stereocenters. The van der Waals surface area contributed by atoms with Gasteiger partial charge in [0, 0.05) is 90.3 Å². The number of hydrogen-bond donors (Lipinski definition) is 2. The van der Waals surface area contributed by atoms with Crippen LogP contribution in [0.2, 0.25) is 0 Å². The number of fused-ring (bicyclic) bond motifs is 8. The first kappa shape index (κ1) is 34.0. The third-order valence-corrected chi connectivity index (χ3v) is 18.0. The van der Waals surface area contributed by atoms with Crippen molar-refractivity contribution in [3.8, 4) is 0 Å². The zero-order valence-electron chi connectivity index (χ0n) is 30.9. The van der Waals surface area contributed by atoms with Gasteiger partial charge in [0.2, 0.25) is 0 Å². The van der Waals surface area contributed by atoms with Gasteiger partial charge in [-0.25, -0.2) is 39.9 Å². The number of benzene rings is 4. The fourth-order valence-corrected chi connectivity index (χ4v) is 15.8. The van der Waals surface area contributed by atoms with Crippen molar-refractivity contribution in [1.29, 1.82) is 0 Å². The molecule has 2 saturated carbocycles. The first-order valence-corrected chi connectivity index (χ1v) is 22.6. The van der Waals surface area contributed by atoms with Crippen LogP contribution in [0.15, 0.2) is 98.6 Å². The van der Waals surface area contributed by atoms with E-state index in [1.165, 1.54) is 85.4 Å². The molecule has 0 atom stereocenters. The monoisotopic (exact) mass is 770 g/mol. The van der Waals surface area contributed by atoms with E-state index in [0.717, 1.165) is 66.4 Å². The van der Waals surface area contributed by atoms with Gasteiger partial charge in [0.05, 0.1) is 22.1 Å². The van der Waals surface area contributed by atoms with Crippen molar-refractivity contribution in [2.75, 3.05) is 10.6 Å². The molecule has 0 amide bonds. The van der Waals surface area contributed by atoms with E-state index < -0.39 is 15.8 Å². The molecule has 4 aromatic heterocycles. The Morgan fingerprint density at radius 1 is 0.375 bits per heavy atom. The van der Waals surface area contributed by atoms with Crippen molar-refractivity contribution >= 4 is 103 Å². The molecule has 12 heteroatoms. The van der Waals surface area contributed by atoms with E-state index in [1.54, 1.807) is 25.3 Å². The number of hydrogen-bond acceptors (Lipinski definition) is 10. The predicted molar refractivity (Wildman–Crippen MR) is 231 cm³/mol. The second kappa shape index (κ2) is 14.3. The molecule has 2 fully saturated rings. The van der Waals surface area contributed by atoms with Gasteiger partial charge in [-0.15, -0.1) is 0 Å². The van der Waals surface area contributed by atoms with Gasteiger partial charge in [0.1, 0.15) is 25.3 Å². The molecule has 10 nitrogen and oxygen atoms in total. The van der Waals surface area contributed by atoms with Gasteiger partial charge in [0.15, 0.2) is 0 Å². The summed E-state index contributed by atoms with van der Waals surface area (Å²) in [5, 5.41) is 17.8. The van der Waals surface area contributed by atoms with Gasteiger partial charge in [-0.2, -0.15) is 0 Å². The van der Waals surface area contributed by atoms with Crippen LogP contribution in [0.25, 0.3) is 43.6 Å². The number of aromatic nitrogens is 8. The van der Waals surface area contributed by atoms with Crippen molar-refractivity contribution in [3.63, 3.8) is 0 Å². The standard InChI is InChI=1S/C44H40N10P2/c1-3-7-31(8-4-1)55-41-11-27-19-45-23-49-33(27)15-37(41)53-39-17-35-29(21-47-25-51-35)13-43(39)56(32-9-5-2-6-10-32)44-14-30-22-48-26-52-36(30)18-40(44)54-38-16-34-28(12-42(38)55)20-46-24-50-34/h11-26,31-32,53-54H,1-10H2. The van der Waals surface area contributed by atoms with E-state index in [9.17, 15) is 0 Å². The smallest absolute Gasteiger partial charge is 0.116 e. The average molecular weight is 771 g/mol. The number of nitrogens with zero attached hydrogens (tertiary/aromatic N) is 8. The predicted octanol–water partition coefficient (Wildman–Crippen LogP) is 8.79. The van der Waals surface area contributed by atoms with Crippen LogP contribution >= 0.6 is 15.8 Å². The molecule has 0 bridgehead atoms. The molecule has 56 heavy (non-hydrogen) atoms. The second-order valence-corrected chi connectivity index (χ2v) is 20.2. The van der Waals surface area contributed by atoms with Crippen molar-refractivity contribution in [2.45, 2.75) is 75.5 Å². The number of anilines is 4. The minimum Gasteiger partial charge on any atom is -0.354 e. The molecule has 0 radical (unpaired) electrons. The molecule has 2 N–H and O–H groups in total. The summed E-state index contributed by atoms with van der Waals surface area (Å²) in [5.41, 5.74) is 9.09. The van der Waals surface area contributed by atoms with Gasteiger partial charge in [-0.1, -0.05) is 38.5 Å². The summed E-state index contributed by atoms with van der Waals surface area (Å²) < 4.78 is 0. The lowest BCUT2D eigenvalue weighted by molar-refractivity contribution is 0.513. The largest absolute Gasteiger partial charge is 0.354 e. The number of nitrogens with one attached hydrogen (secondary N) is 2. The Labute approximate surface area is 327 Å². The Balaban J connectivity index is 1.27. The van der Waals surface area contributed by atoms with Crippen molar-refractivity contribution in [1.82, 2.24) is 39.9 Å². The van der Waals surface area contributed by atoms with Crippen LogP contribution in [-0.4, -0.2) is 51.2 Å². The van der Waals surface area contributed by atoms with Crippen molar-refractivity contribution < 1.29 is 0 Å². The lowest BCUT2D eigenvalue weighted by Gasteiger charge is -2.37. The average Bonchev–Trinajstić information content (AvgIpc) is 3.25. The third-order valence-electron chi connectivity index (χ3n) is 11.9. The maximum absolute atomic E-state index is 4.79. The lowest BCUT2D eigenvalue weighted by atomic mass is 10.0. The zero-order valence-corrected chi connectivity index (χ0v) is 32.7.